The number of halogens is 1. The second kappa shape index (κ2) is 5.43. The number of rotatable bonds is 3. The molecule has 0 amide bonds. The Labute approximate surface area is 107 Å². The van der Waals surface area contributed by atoms with Crippen LogP contribution < -0.4 is 5.73 Å². The Morgan fingerprint density at radius 3 is 2.88 bits per heavy atom. The highest BCUT2D eigenvalue weighted by molar-refractivity contribution is 9.10. The first-order valence-electron chi connectivity index (χ1n) is 4.74. The fraction of sp³-hybridized carbons (Fsp3) is 0.0909. The van der Waals surface area contributed by atoms with Crippen LogP contribution in [-0.4, -0.2) is 9.97 Å². The van der Waals surface area contributed by atoms with Crippen molar-refractivity contribution in [2.45, 2.75) is 16.6 Å². The van der Waals surface area contributed by atoms with Gasteiger partial charge in [0.25, 0.3) is 0 Å². The smallest absolute Gasteiger partial charge is 0.116 e. The minimum atomic E-state index is 0.456. The molecule has 2 rings (SSSR count). The van der Waals surface area contributed by atoms with Crippen molar-refractivity contribution in [2.75, 3.05) is 0 Å². The number of hydrogen-bond acceptors (Lipinski definition) is 4. The minimum Gasteiger partial charge on any atom is -0.325 e. The summed E-state index contributed by atoms with van der Waals surface area (Å²) in [5.41, 5.74) is 6.43. The lowest BCUT2D eigenvalue weighted by atomic mass is 10.4. The molecule has 0 aliphatic heterocycles. The second-order valence-electron chi connectivity index (χ2n) is 3.06. The summed E-state index contributed by atoms with van der Waals surface area (Å²) < 4.78 is 0.972. The quantitative estimate of drug-likeness (QED) is 0.946. The maximum atomic E-state index is 5.55. The Morgan fingerprint density at radius 2 is 2.12 bits per heavy atom. The van der Waals surface area contributed by atoms with E-state index in [9.17, 15) is 0 Å². The normalized spacial score (nSPS) is 10.4. The summed E-state index contributed by atoms with van der Waals surface area (Å²) >= 11 is 4.97. The van der Waals surface area contributed by atoms with Gasteiger partial charge in [0.15, 0.2) is 0 Å². The van der Waals surface area contributed by atoms with Crippen LogP contribution in [0.2, 0.25) is 0 Å². The van der Waals surface area contributed by atoms with E-state index in [1.807, 2.05) is 30.3 Å². The number of nitrogens with zero attached hydrogens (tertiary/aromatic N) is 2. The Bertz CT molecular complexity index is 490. The van der Waals surface area contributed by atoms with E-state index >= 15 is 0 Å². The van der Waals surface area contributed by atoms with E-state index < -0.39 is 0 Å². The lowest BCUT2D eigenvalue weighted by molar-refractivity contribution is 0.939. The van der Waals surface area contributed by atoms with Crippen molar-refractivity contribution in [1.29, 1.82) is 0 Å². The van der Waals surface area contributed by atoms with Crippen LogP contribution in [0.3, 0.4) is 0 Å². The molecule has 0 bridgehead atoms. The molecular weight excluding hydrogens is 286 g/mol. The summed E-state index contributed by atoms with van der Waals surface area (Å²) in [6, 6.07) is 9.66. The maximum absolute atomic E-state index is 5.55. The monoisotopic (exact) mass is 295 g/mol. The molecule has 0 aromatic carbocycles. The van der Waals surface area contributed by atoms with E-state index in [4.69, 9.17) is 5.73 Å². The third-order valence-corrected chi connectivity index (χ3v) is 3.77. The van der Waals surface area contributed by atoms with E-state index in [2.05, 4.69) is 25.9 Å². The van der Waals surface area contributed by atoms with Gasteiger partial charge in [-0.3, -0.25) is 0 Å². The molecule has 2 N–H and O–H groups in total. The lowest BCUT2D eigenvalue weighted by Crippen LogP contribution is -1.99. The first-order valence-corrected chi connectivity index (χ1v) is 6.35. The van der Waals surface area contributed by atoms with Crippen molar-refractivity contribution in [3.8, 4) is 0 Å². The zero-order chi connectivity index (χ0) is 11.4. The molecule has 0 saturated carbocycles. The highest BCUT2D eigenvalue weighted by Crippen LogP contribution is 2.29. The Morgan fingerprint density at radius 1 is 1.25 bits per heavy atom. The van der Waals surface area contributed by atoms with Gasteiger partial charge in [-0.1, -0.05) is 6.07 Å². The second-order valence-corrected chi connectivity index (χ2v) is 4.93. The zero-order valence-electron chi connectivity index (χ0n) is 8.43. The Balaban J connectivity index is 2.24. The van der Waals surface area contributed by atoms with Crippen molar-refractivity contribution in [2.24, 2.45) is 5.73 Å². The maximum Gasteiger partial charge on any atom is 0.116 e. The van der Waals surface area contributed by atoms with Crippen LogP contribution in [0.1, 0.15) is 5.69 Å². The van der Waals surface area contributed by atoms with Crippen LogP contribution in [0.15, 0.2) is 51.1 Å². The van der Waals surface area contributed by atoms with E-state index in [0.29, 0.717) is 6.54 Å². The van der Waals surface area contributed by atoms with Gasteiger partial charge < -0.3 is 5.73 Å². The molecule has 2 aromatic rings. The van der Waals surface area contributed by atoms with Gasteiger partial charge in [-0.25, -0.2) is 9.97 Å². The van der Waals surface area contributed by atoms with Gasteiger partial charge in [-0.15, -0.1) is 0 Å². The van der Waals surface area contributed by atoms with Crippen LogP contribution in [0.4, 0.5) is 0 Å². The first-order chi connectivity index (χ1) is 7.79. The fourth-order valence-corrected chi connectivity index (χ4v) is 2.46. The van der Waals surface area contributed by atoms with Gasteiger partial charge in [0, 0.05) is 12.7 Å². The van der Waals surface area contributed by atoms with Gasteiger partial charge in [-0.2, -0.15) is 0 Å². The van der Waals surface area contributed by atoms with Gasteiger partial charge >= 0.3 is 0 Å². The summed E-state index contributed by atoms with van der Waals surface area (Å²) in [5.74, 6) is 0. The average Bonchev–Trinajstić information content (AvgIpc) is 2.32. The van der Waals surface area contributed by atoms with Crippen LogP contribution in [0, 0.1) is 0 Å². The van der Waals surface area contributed by atoms with Crippen molar-refractivity contribution in [3.63, 3.8) is 0 Å². The molecule has 3 nitrogen and oxygen atoms in total. The van der Waals surface area contributed by atoms with Gasteiger partial charge in [0.1, 0.15) is 10.1 Å². The molecule has 0 atom stereocenters. The number of pyridine rings is 2. The summed E-state index contributed by atoms with van der Waals surface area (Å²) in [7, 11) is 0. The standard InChI is InChI=1S/C11H10BrN3S/c12-9-4-2-6-14-11(9)16-10-5-1-3-8(7-13)15-10/h1-6H,7,13H2. The van der Waals surface area contributed by atoms with Crippen LogP contribution >= 0.6 is 27.7 Å². The molecule has 0 spiro atoms. The van der Waals surface area contributed by atoms with Crippen molar-refractivity contribution in [3.05, 3.63) is 46.7 Å². The molecule has 0 radical (unpaired) electrons. The molecular formula is C11H10BrN3S. The lowest BCUT2D eigenvalue weighted by Gasteiger charge is -2.03. The molecule has 2 heterocycles. The van der Waals surface area contributed by atoms with Crippen molar-refractivity contribution < 1.29 is 0 Å². The number of nitrogens with two attached hydrogens (primary N) is 1. The Kier molecular flexibility index (Phi) is 3.93. The van der Waals surface area contributed by atoms with E-state index in [0.717, 1.165) is 20.2 Å². The molecule has 0 aliphatic carbocycles. The van der Waals surface area contributed by atoms with Crippen LogP contribution in [0.25, 0.3) is 0 Å². The average molecular weight is 296 g/mol. The number of hydrogen-bond donors (Lipinski definition) is 1. The highest BCUT2D eigenvalue weighted by atomic mass is 79.9. The number of aromatic nitrogens is 2. The SMILES string of the molecule is NCc1cccc(Sc2ncccc2Br)n1. The highest BCUT2D eigenvalue weighted by Gasteiger charge is 2.04. The third-order valence-electron chi connectivity index (χ3n) is 1.92. The molecule has 0 unspecified atom stereocenters. The Hall–Kier alpha value is -0.910. The van der Waals surface area contributed by atoms with E-state index in [-0.39, 0.29) is 0 Å². The molecule has 2 aromatic heterocycles. The van der Waals surface area contributed by atoms with E-state index in [1.54, 1.807) is 6.20 Å². The predicted molar refractivity (Wildman–Crippen MR) is 68.2 cm³/mol. The molecule has 0 saturated heterocycles. The summed E-state index contributed by atoms with van der Waals surface area (Å²) in [6.45, 7) is 0.456. The minimum absolute atomic E-state index is 0.456. The third kappa shape index (κ3) is 2.81. The molecule has 82 valence electrons. The first kappa shape index (κ1) is 11.6. The molecule has 0 aliphatic rings. The van der Waals surface area contributed by atoms with Gasteiger partial charge in [-0.05, 0) is 52.0 Å². The van der Waals surface area contributed by atoms with Crippen molar-refractivity contribution in [1.82, 2.24) is 9.97 Å². The van der Waals surface area contributed by atoms with Crippen LogP contribution in [0.5, 0.6) is 0 Å². The summed E-state index contributed by atoms with van der Waals surface area (Å²) in [6.07, 6.45) is 1.76. The molecule has 5 heteroatoms. The zero-order valence-corrected chi connectivity index (χ0v) is 10.8. The van der Waals surface area contributed by atoms with E-state index in [1.165, 1.54) is 11.8 Å². The van der Waals surface area contributed by atoms with Gasteiger partial charge in [0.2, 0.25) is 0 Å². The van der Waals surface area contributed by atoms with Crippen LogP contribution in [-0.2, 0) is 6.54 Å². The van der Waals surface area contributed by atoms with Crippen molar-refractivity contribution >= 4 is 27.7 Å². The summed E-state index contributed by atoms with van der Waals surface area (Å²) in [4.78, 5) is 8.68. The largest absolute Gasteiger partial charge is 0.325 e. The van der Waals surface area contributed by atoms with Gasteiger partial charge in [0.05, 0.1) is 10.2 Å². The summed E-state index contributed by atoms with van der Waals surface area (Å²) in [5, 5.41) is 1.81. The predicted octanol–water partition coefficient (Wildman–Crippen LogP) is 2.85. The topological polar surface area (TPSA) is 51.8 Å². The molecule has 16 heavy (non-hydrogen) atoms. The fourth-order valence-electron chi connectivity index (χ4n) is 1.17. The molecule has 0 fully saturated rings.